The lowest BCUT2D eigenvalue weighted by Crippen LogP contribution is -2.36. The molecule has 5 rings (SSSR count). The largest absolute Gasteiger partial charge is 0.351 e. The summed E-state index contributed by atoms with van der Waals surface area (Å²) in [6.07, 6.45) is 7.35. The van der Waals surface area contributed by atoms with Crippen LogP contribution in [0.3, 0.4) is 0 Å². The number of benzene rings is 2. The van der Waals surface area contributed by atoms with Crippen LogP contribution in [0, 0.1) is 18.6 Å². The molecule has 2 aromatic heterocycles. The molecule has 1 saturated carbocycles. The van der Waals surface area contributed by atoms with Gasteiger partial charge in [0.1, 0.15) is 10.7 Å². The van der Waals surface area contributed by atoms with E-state index in [1.54, 1.807) is 24.4 Å². The first-order valence-corrected chi connectivity index (χ1v) is 14.2. The zero-order valence-corrected chi connectivity index (χ0v) is 22.8. The van der Waals surface area contributed by atoms with E-state index in [-0.39, 0.29) is 27.4 Å². The van der Waals surface area contributed by atoms with E-state index >= 15 is 4.39 Å². The molecule has 39 heavy (non-hydrogen) atoms. The molecule has 4 aromatic rings. The molecule has 1 aliphatic rings. The van der Waals surface area contributed by atoms with E-state index in [2.05, 4.69) is 44.0 Å². The molecule has 11 heteroatoms. The van der Waals surface area contributed by atoms with Crippen LogP contribution in [0.4, 0.5) is 20.4 Å². The van der Waals surface area contributed by atoms with Crippen LogP contribution < -0.4 is 10.0 Å². The zero-order chi connectivity index (χ0) is 27.7. The van der Waals surface area contributed by atoms with Crippen molar-refractivity contribution >= 4 is 32.6 Å². The van der Waals surface area contributed by atoms with Gasteiger partial charge in [0.25, 0.3) is 10.0 Å². The van der Waals surface area contributed by atoms with Crippen molar-refractivity contribution < 1.29 is 17.2 Å². The monoisotopic (exact) mass is 552 g/mol. The maximum absolute atomic E-state index is 15.5. The van der Waals surface area contributed by atoms with Crippen molar-refractivity contribution in [2.45, 2.75) is 49.6 Å². The van der Waals surface area contributed by atoms with Gasteiger partial charge in [-0.2, -0.15) is 0 Å². The first-order chi connectivity index (χ1) is 18.6. The maximum atomic E-state index is 15.5. The Morgan fingerprint density at radius 2 is 1.77 bits per heavy atom. The highest BCUT2D eigenvalue weighted by atomic mass is 32.2. The molecule has 0 aliphatic heterocycles. The van der Waals surface area contributed by atoms with Crippen LogP contribution in [0.1, 0.15) is 31.4 Å². The topological polar surface area (TPSA) is 100 Å². The molecule has 2 aromatic carbocycles. The quantitative estimate of drug-likeness (QED) is 0.318. The van der Waals surface area contributed by atoms with E-state index < -0.39 is 21.7 Å². The average Bonchev–Trinajstić information content (AvgIpc) is 2.91. The normalized spacial score (nSPS) is 17.9. The summed E-state index contributed by atoms with van der Waals surface area (Å²) in [5, 5.41) is 4.02. The Balaban J connectivity index is 1.39. The summed E-state index contributed by atoms with van der Waals surface area (Å²) in [6.45, 7) is 1.54. The van der Waals surface area contributed by atoms with Gasteiger partial charge in [0.2, 0.25) is 5.95 Å². The van der Waals surface area contributed by atoms with Gasteiger partial charge in [-0.05, 0) is 88.7 Å². The van der Waals surface area contributed by atoms with Crippen LogP contribution in [-0.4, -0.2) is 54.4 Å². The summed E-state index contributed by atoms with van der Waals surface area (Å²) in [7, 11) is 0.0701. The molecular formula is C28H30F2N6O2S. The molecule has 204 valence electrons. The smallest absolute Gasteiger partial charge is 0.263 e. The third-order valence-corrected chi connectivity index (χ3v) is 8.71. The molecule has 0 atom stereocenters. The fourth-order valence-electron chi connectivity index (χ4n) is 5.03. The number of pyridine rings is 1. The molecule has 1 aliphatic carbocycles. The predicted octanol–water partition coefficient (Wildman–Crippen LogP) is 5.36. The zero-order valence-electron chi connectivity index (χ0n) is 21.9. The van der Waals surface area contributed by atoms with Crippen molar-refractivity contribution in [1.82, 2.24) is 19.9 Å². The lowest BCUT2D eigenvalue weighted by atomic mass is 9.91. The number of rotatable bonds is 7. The Kier molecular flexibility index (Phi) is 7.46. The summed E-state index contributed by atoms with van der Waals surface area (Å²) in [5.41, 5.74) is 0.414. The number of aryl methyl sites for hydroxylation is 1. The molecule has 1 fully saturated rings. The Bertz CT molecular complexity index is 1620. The van der Waals surface area contributed by atoms with Gasteiger partial charge in [0.15, 0.2) is 5.82 Å². The highest BCUT2D eigenvalue weighted by Gasteiger charge is 2.24. The van der Waals surface area contributed by atoms with Crippen LogP contribution in [0.25, 0.3) is 22.0 Å². The first kappa shape index (κ1) is 26.9. The standard InChI is InChI=1S/C28H30F2N6O2S/c1-17-25(5-4-14-31-17)39(37,38)35-24-13-11-22(29)26(27(24)30)18-6-12-23-19(15-18)16-32-28(34-23)33-20-7-9-21(10-8-20)36(2)3/h4-6,11-16,20-21,35H,7-10H2,1-3H3,(H,32,33,34)/t20-,21-. The summed E-state index contributed by atoms with van der Waals surface area (Å²) < 4.78 is 58.4. The van der Waals surface area contributed by atoms with Crippen molar-refractivity contribution in [1.29, 1.82) is 0 Å². The van der Waals surface area contributed by atoms with Crippen LogP contribution >= 0.6 is 0 Å². The van der Waals surface area contributed by atoms with Crippen LogP contribution in [0.15, 0.2) is 59.8 Å². The fraction of sp³-hybridized carbons (Fsp3) is 0.321. The van der Waals surface area contributed by atoms with Gasteiger partial charge in [-0.15, -0.1) is 0 Å². The first-order valence-electron chi connectivity index (χ1n) is 12.7. The lowest BCUT2D eigenvalue weighted by Gasteiger charge is -2.32. The van der Waals surface area contributed by atoms with E-state index in [0.29, 0.717) is 28.9 Å². The van der Waals surface area contributed by atoms with Crippen molar-refractivity contribution in [3.63, 3.8) is 0 Å². The molecule has 0 spiro atoms. The van der Waals surface area contributed by atoms with Crippen LogP contribution in [-0.2, 0) is 10.0 Å². The summed E-state index contributed by atoms with van der Waals surface area (Å²) in [6, 6.07) is 10.6. The van der Waals surface area contributed by atoms with Crippen molar-refractivity contribution in [3.05, 3.63) is 72.2 Å². The van der Waals surface area contributed by atoms with Crippen LogP contribution in [0.2, 0.25) is 0 Å². The predicted molar refractivity (Wildman–Crippen MR) is 148 cm³/mol. The summed E-state index contributed by atoms with van der Waals surface area (Å²) in [5.74, 6) is -1.32. The van der Waals surface area contributed by atoms with Gasteiger partial charge in [-0.1, -0.05) is 6.07 Å². The van der Waals surface area contributed by atoms with E-state index in [4.69, 9.17) is 0 Å². The highest BCUT2D eigenvalue weighted by Crippen LogP contribution is 2.33. The van der Waals surface area contributed by atoms with Gasteiger partial charge < -0.3 is 10.2 Å². The molecule has 0 amide bonds. The molecule has 0 saturated heterocycles. The Morgan fingerprint density at radius 3 is 2.49 bits per heavy atom. The van der Waals surface area contributed by atoms with E-state index in [1.807, 2.05) is 0 Å². The van der Waals surface area contributed by atoms with Crippen molar-refractivity contribution in [2.75, 3.05) is 24.1 Å². The van der Waals surface area contributed by atoms with Gasteiger partial charge in [-0.3, -0.25) is 9.71 Å². The van der Waals surface area contributed by atoms with Crippen LogP contribution in [0.5, 0.6) is 0 Å². The SMILES string of the molecule is Cc1ncccc1S(=O)(=O)Nc1ccc(F)c(-c2ccc3nc(N[C@H]4CC[C@H](N(C)C)CC4)ncc3c2)c1F. The Hall–Kier alpha value is -3.70. The minimum atomic E-state index is -4.14. The number of nitrogens with zero attached hydrogens (tertiary/aromatic N) is 4. The number of aromatic nitrogens is 3. The maximum Gasteiger partial charge on any atom is 0.263 e. The minimum absolute atomic E-state index is 0.0895. The average molecular weight is 553 g/mol. The lowest BCUT2D eigenvalue weighted by molar-refractivity contribution is 0.221. The molecule has 0 bridgehead atoms. The number of anilines is 2. The number of hydrogen-bond donors (Lipinski definition) is 2. The second-order valence-electron chi connectivity index (χ2n) is 10.1. The molecule has 2 N–H and O–H groups in total. The molecule has 2 heterocycles. The summed E-state index contributed by atoms with van der Waals surface area (Å²) >= 11 is 0. The third-order valence-electron chi connectivity index (χ3n) is 7.21. The number of nitrogens with one attached hydrogen (secondary N) is 2. The van der Waals surface area contributed by atoms with Gasteiger partial charge in [0.05, 0.1) is 22.5 Å². The summed E-state index contributed by atoms with van der Waals surface area (Å²) in [4.78, 5) is 15.2. The third kappa shape index (κ3) is 5.69. The van der Waals surface area contributed by atoms with Gasteiger partial charge >= 0.3 is 0 Å². The molecule has 0 unspecified atom stereocenters. The minimum Gasteiger partial charge on any atom is -0.351 e. The number of sulfonamides is 1. The molecule has 8 nitrogen and oxygen atoms in total. The molecular weight excluding hydrogens is 522 g/mol. The second-order valence-corrected chi connectivity index (χ2v) is 11.7. The highest BCUT2D eigenvalue weighted by molar-refractivity contribution is 7.92. The van der Waals surface area contributed by atoms with E-state index in [0.717, 1.165) is 37.8 Å². The van der Waals surface area contributed by atoms with Crippen molar-refractivity contribution in [2.24, 2.45) is 0 Å². The van der Waals surface area contributed by atoms with E-state index in [9.17, 15) is 12.8 Å². The Morgan fingerprint density at radius 1 is 1.00 bits per heavy atom. The van der Waals surface area contributed by atoms with Gasteiger partial charge in [0, 0.05) is 29.9 Å². The van der Waals surface area contributed by atoms with Crippen molar-refractivity contribution in [3.8, 4) is 11.1 Å². The Labute approximate surface area is 226 Å². The fourth-order valence-corrected chi connectivity index (χ4v) is 6.28. The number of halogens is 2. The van der Waals surface area contributed by atoms with Gasteiger partial charge in [-0.25, -0.2) is 27.2 Å². The van der Waals surface area contributed by atoms with E-state index in [1.165, 1.54) is 25.3 Å². The number of hydrogen-bond acceptors (Lipinski definition) is 7. The number of fused-ring (bicyclic) bond motifs is 1. The second kappa shape index (κ2) is 10.8. The molecule has 0 radical (unpaired) electrons.